The lowest BCUT2D eigenvalue weighted by Gasteiger charge is -2.53. The van der Waals surface area contributed by atoms with Crippen molar-refractivity contribution in [1.29, 1.82) is 0 Å². The van der Waals surface area contributed by atoms with Crippen LogP contribution >= 0.6 is 0 Å². The Hall–Kier alpha value is 0. The molecule has 0 aromatic rings. The van der Waals surface area contributed by atoms with E-state index < -0.39 is 0 Å². The summed E-state index contributed by atoms with van der Waals surface area (Å²) in [7, 11) is 0. The molecule has 0 saturated heterocycles. The first-order chi connectivity index (χ1) is 3.81. The Morgan fingerprint density at radius 2 is 1.60 bits per heavy atom. The van der Waals surface area contributed by atoms with Crippen molar-refractivity contribution < 1.29 is 0 Å². The average Bonchev–Trinajstić information content (AvgIpc) is 1.51. The van der Waals surface area contributed by atoms with E-state index in [1.54, 1.807) is 25.7 Å². The van der Waals surface area contributed by atoms with Gasteiger partial charge < -0.3 is 0 Å². The van der Waals surface area contributed by atoms with E-state index in [1.165, 1.54) is 6.42 Å². The molecule has 0 atom stereocenters. The maximum atomic E-state index is 2.38. The van der Waals surface area contributed by atoms with Crippen LogP contribution in [0.5, 0.6) is 0 Å². The number of rotatable bonds is 0. The van der Waals surface area contributed by atoms with E-state index in [1.807, 2.05) is 0 Å². The highest BCUT2D eigenvalue weighted by atomic mass is 14.5. The van der Waals surface area contributed by atoms with E-state index in [-0.39, 0.29) is 14.9 Å². The van der Waals surface area contributed by atoms with Gasteiger partial charge in [-0.25, -0.2) is 0 Å². The summed E-state index contributed by atoms with van der Waals surface area (Å²) in [6, 6.07) is 0. The number of hydrogen-bond acceptors (Lipinski definition) is 0. The Balaban J connectivity index is 0.000000405. The summed E-state index contributed by atoms with van der Waals surface area (Å²) in [5.41, 5.74) is 0.916. The third-order valence-electron chi connectivity index (χ3n) is 2.98. The Morgan fingerprint density at radius 1 is 1.10 bits per heavy atom. The molecule has 0 N–H and O–H groups in total. The van der Waals surface area contributed by atoms with Gasteiger partial charge >= 0.3 is 0 Å². The minimum Gasteiger partial charge on any atom is -0.0776 e. The third kappa shape index (κ3) is 1.21. The molecule has 0 aromatic carbocycles. The summed E-state index contributed by atoms with van der Waals surface area (Å²) in [6.07, 6.45) is 7.72. The van der Waals surface area contributed by atoms with Gasteiger partial charge in [0.15, 0.2) is 0 Å². The highest BCUT2D eigenvalue weighted by Crippen LogP contribution is 2.58. The molecule has 1 spiro atoms. The van der Waals surface area contributed by atoms with Crippen molar-refractivity contribution in [2.24, 2.45) is 11.3 Å². The molecule has 62 valence electrons. The molecule has 2 saturated carbocycles. The van der Waals surface area contributed by atoms with Gasteiger partial charge in [0.1, 0.15) is 0 Å². The van der Waals surface area contributed by atoms with E-state index in [9.17, 15) is 0 Å². The van der Waals surface area contributed by atoms with Crippen LogP contribution in [0, 0.1) is 11.3 Å². The second-order valence-corrected chi connectivity index (χ2v) is 3.87. The largest absolute Gasteiger partial charge is 0.0776 e. The smallest absolute Gasteiger partial charge is 0.0292 e. The molecule has 0 unspecified atom stereocenters. The van der Waals surface area contributed by atoms with Gasteiger partial charge in [-0.15, -0.1) is 0 Å². The summed E-state index contributed by atoms with van der Waals surface area (Å²) in [5.74, 6) is 1.07. The number of hydrogen-bond donors (Lipinski definition) is 0. The molecule has 2 fully saturated rings. The fourth-order valence-corrected chi connectivity index (χ4v) is 2.50. The first-order valence-corrected chi connectivity index (χ1v) is 3.81. The predicted molar refractivity (Wildman–Crippen MR) is 48.1 cm³/mol. The van der Waals surface area contributed by atoms with Crippen LogP contribution in [-0.4, -0.2) is 0 Å². The monoisotopic (exact) mass is 142 g/mol. The van der Waals surface area contributed by atoms with Gasteiger partial charge in [0.25, 0.3) is 0 Å². The van der Waals surface area contributed by atoms with Crippen LogP contribution in [0.4, 0.5) is 0 Å². The third-order valence-corrected chi connectivity index (χ3v) is 2.98. The van der Waals surface area contributed by atoms with E-state index in [0.29, 0.717) is 0 Å². The van der Waals surface area contributed by atoms with Crippen LogP contribution in [0.1, 0.15) is 53.9 Å². The van der Waals surface area contributed by atoms with Crippen LogP contribution in [0.25, 0.3) is 0 Å². The lowest BCUT2D eigenvalue weighted by Crippen LogP contribution is -2.41. The summed E-state index contributed by atoms with van der Waals surface area (Å²) >= 11 is 0. The minimum absolute atomic E-state index is 0. The predicted octanol–water partition coefficient (Wildman–Crippen LogP) is 3.86. The van der Waals surface area contributed by atoms with E-state index in [2.05, 4.69) is 6.92 Å². The highest BCUT2D eigenvalue weighted by molar-refractivity contribution is 4.97. The molecule has 0 heterocycles. The van der Waals surface area contributed by atoms with Gasteiger partial charge in [-0.3, -0.25) is 0 Å². The summed E-state index contributed by atoms with van der Waals surface area (Å²) in [4.78, 5) is 0. The first-order valence-electron chi connectivity index (χ1n) is 3.81. The maximum Gasteiger partial charge on any atom is -0.0292 e. The molecule has 0 aromatic heterocycles. The van der Waals surface area contributed by atoms with Crippen LogP contribution in [0.3, 0.4) is 0 Å². The van der Waals surface area contributed by atoms with E-state index in [0.717, 1.165) is 11.3 Å². The molecule has 0 nitrogen and oxygen atoms in total. The second kappa shape index (κ2) is 2.94. The van der Waals surface area contributed by atoms with Crippen LogP contribution in [0.2, 0.25) is 0 Å². The lowest BCUT2D eigenvalue weighted by molar-refractivity contribution is -0.0161. The maximum absolute atomic E-state index is 2.38. The van der Waals surface area contributed by atoms with Gasteiger partial charge in [-0.05, 0) is 37.0 Å². The van der Waals surface area contributed by atoms with Gasteiger partial charge in [0, 0.05) is 0 Å². The fraction of sp³-hybridized carbons (Fsp3) is 1.00. The van der Waals surface area contributed by atoms with Crippen molar-refractivity contribution in [3.8, 4) is 0 Å². The van der Waals surface area contributed by atoms with E-state index in [4.69, 9.17) is 0 Å². The van der Waals surface area contributed by atoms with Gasteiger partial charge in [0.05, 0.1) is 0 Å². The average molecular weight is 142 g/mol. The molecule has 2 rings (SSSR count). The van der Waals surface area contributed by atoms with Gasteiger partial charge in [0.2, 0.25) is 0 Å². The standard InChI is InChI=1S/C8H14.2CH4/c1-7-5-8(6-7)3-2-4-8;;/h7H,2-6H2,1H3;2*1H4. The van der Waals surface area contributed by atoms with Crippen molar-refractivity contribution in [1.82, 2.24) is 0 Å². The van der Waals surface area contributed by atoms with Crippen molar-refractivity contribution in [3.63, 3.8) is 0 Å². The van der Waals surface area contributed by atoms with Gasteiger partial charge in [-0.1, -0.05) is 28.2 Å². The molecule has 0 heteroatoms. The van der Waals surface area contributed by atoms with Crippen molar-refractivity contribution in [2.75, 3.05) is 0 Å². The topological polar surface area (TPSA) is 0 Å². The lowest BCUT2D eigenvalue weighted by atomic mass is 9.52. The molecule has 2 aliphatic carbocycles. The zero-order valence-electron chi connectivity index (χ0n) is 5.61. The quantitative estimate of drug-likeness (QED) is 0.482. The minimum atomic E-state index is 0. The molecule has 10 heavy (non-hydrogen) atoms. The normalized spacial score (nSPS) is 27.3. The Bertz CT molecular complexity index is 92.6. The first kappa shape index (κ1) is 10.0. The zero-order valence-corrected chi connectivity index (χ0v) is 5.61. The van der Waals surface area contributed by atoms with E-state index >= 15 is 0 Å². The Morgan fingerprint density at radius 3 is 1.70 bits per heavy atom. The van der Waals surface area contributed by atoms with Crippen LogP contribution < -0.4 is 0 Å². The summed E-state index contributed by atoms with van der Waals surface area (Å²) in [6.45, 7) is 2.38. The zero-order chi connectivity index (χ0) is 5.61. The fourth-order valence-electron chi connectivity index (χ4n) is 2.50. The molecular weight excluding hydrogens is 120 g/mol. The molecule has 0 amide bonds. The molecule has 0 aliphatic heterocycles. The Kier molecular flexibility index (Phi) is 2.94. The SMILES string of the molecule is C.C.CC1CC2(CCC2)C1. The molecule has 2 aliphatic rings. The van der Waals surface area contributed by atoms with Crippen LogP contribution in [0.15, 0.2) is 0 Å². The second-order valence-electron chi connectivity index (χ2n) is 3.87. The Labute approximate surface area is 66.0 Å². The molecular formula is C10H22. The highest BCUT2D eigenvalue weighted by Gasteiger charge is 2.45. The van der Waals surface area contributed by atoms with Crippen molar-refractivity contribution in [3.05, 3.63) is 0 Å². The molecule has 0 radical (unpaired) electrons. The van der Waals surface area contributed by atoms with Gasteiger partial charge in [-0.2, -0.15) is 0 Å². The van der Waals surface area contributed by atoms with Crippen molar-refractivity contribution >= 4 is 0 Å². The molecule has 0 bridgehead atoms. The van der Waals surface area contributed by atoms with Crippen molar-refractivity contribution in [2.45, 2.75) is 53.9 Å². The summed E-state index contributed by atoms with van der Waals surface area (Å²) in [5, 5.41) is 0. The summed E-state index contributed by atoms with van der Waals surface area (Å²) < 4.78 is 0. The van der Waals surface area contributed by atoms with Crippen LogP contribution in [-0.2, 0) is 0 Å².